The van der Waals surface area contributed by atoms with Crippen molar-refractivity contribution >= 4 is 11.6 Å². The average Bonchev–Trinajstić information content (AvgIpc) is 2.13. The minimum atomic E-state index is -0.834. The summed E-state index contributed by atoms with van der Waals surface area (Å²) in [4.78, 5) is 0. The minimum absolute atomic E-state index is 0.0822. The van der Waals surface area contributed by atoms with Gasteiger partial charge in [0.1, 0.15) is 16.7 Å². The van der Waals surface area contributed by atoms with Crippen LogP contribution in [0.15, 0.2) is 12.1 Å². The molecule has 0 saturated carbocycles. The smallest absolute Gasteiger partial charge is 0.149 e. The van der Waals surface area contributed by atoms with Gasteiger partial charge in [-0.3, -0.25) is 0 Å². The number of hydrogen-bond donors (Lipinski definition) is 2. The Morgan fingerprint density at radius 2 is 2.00 bits per heavy atom. The van der Waals surface area contributed by atoms with Crippen LogP contribution in [-0.4, -0.2) is 6.54 Å². The van der Waals surface area contributed by atoms with E-state index in [2.05, 4.69) is 0 Å². The molecule has 0 aliphatic heterocycles. The molecule has 0 aliphatic carbocycles. The SMILES string of the molecule is NC[C@@H](N)c1ccc(F)c(Cl)c1F. The molecule has 0 fully saturated rings. The Morgan fingerprint density at radius 3 is 2.54 bits per heavy atom. The van der Waals surface area contributed by atoms with Gasteiger partial charge in [-0.15, -0.1) is 0 Å². The van der Waals surface area contributed by atoms with Crippen LogP contribution in [-0.2, 0) is 0 Å². The van der Waals surface area contributed by atoms with Crippen molar-refractivity contribution < 1.29 is 8.78 Å². The number of benzene rings is 1. The summed E-state index contributed by atoms with van der Waals surface area (Å²) >= 11 is 5.34. The summed E-state index contributed by atoms with van der Waals surface area (Å²) in [6, 6.07) is 1.66. The molecule has 4 N–H and O–H groups in total. The molecule has 5 heteroatoms. The third kappa shape index (κ3) is 1.96. The third-order valence-corrected chi connectivity index (χ3v) is 2.06. The van der Waals surface area contributed by atoms with Crippen LogP contribution in [0.5, 0.6) is 0 Å². The van der Waals surface area contributed by atoms with Crippen molar-refractivity contribution in [1.82, 2.24) is 0 Å². The van der Waals surface area contributed by atoms with E-state index >= 15 is 0 Å². The molecule has 72 valence electrons. The van der Waals surface area contributed by atoms with Crippen LogP contribution in [0.2, 0.25) is 5.02 Å². The van der Waals surface area contributed by atoms with Crippen molar-refractivity contribution in [3.63, 3.8) is 0 Å². The van der Waals surface area contributed by atoms with Crippen LogP contribution < -0.4 is 11.5 Å². The monoisotopic (exact) mass is 206 g/mol. The van der Waals surface area contributed by atoms with Crippen LogP contribution >= 0.6 is 11.6 Å². The highest BCUT2D eigenvalue weighted by Gasteiger charge is 2.15. The molecule has 2 nitrogen and oxygen atoms in total. The van der Waals surface area contributed by atoms with Gasteiger partial charge in [0, 0.05) is 18.2 Å². The lowest BCUT2D eigenvalue weighted by Gasteiger charge is -2.10. The fourth-order valence-corrected chi connectivity index (χ4v) is 1.13. The van der Waals surface area contributed by atoms with E-state index < -0.39 is 22.7 Å². The zero-order valence-electron chi connectivity index (χ0n) is 6.73. The summed E-state index contributed by atoms with van der Waals surface area (Å²) in [6.07, 6.45) is 0. The van der Waals surface area contributed by atoms with Gasteiger partial charge in [0.05, 0.1) is 0 Å². The second-order valence-corrected chi connectivity index (χ2v) is 2.98. The van der Waals surface area contributed by atoms with Crippen LogP contribution in [0.1, 0.15) is 11.6 Å². The first-order valence-corrected chi connectivity index (χ1v) is 4.04. The van der Waals surface area contributed by atoms with E-state index in [0.29, 0.717) is 0 Å². The first-order valence-electron chi connectivity index (χ1n) is 3.67. The van der Waals surface area contributed by atoms with Gasteiger partial charge in [0.2, 0.25) is 0 Å². The Morgan fingerprint density at radius 1 is 1.38 bits per heavy atom. The predicted molar refractivity (Wildman–Crippen MR) is 47.4 cm³/mol. The zero-order valence-corrected chi connectivity index (χ0v) is 7.48. The molecule has 0 unspecified atom stereocenters. The molecule has 0 aromatic heterocycles. The zero-order chi connectivity index (χ0) is 10.0. The van der Waals surface area contributed by atoms with Crippen LogP contribution in [0.4, 0.5) is 8.78 Å². The number of rotatable bonds is 2. The largest absolute Gasteiger partial charge is 0.329 e. The van der Waals surface area contributed by atoms with Crippen molar-refractivity contribution in [2.45, 2.75) is 6.04 Å². The molecule has 0 saturated heterocycles. The molecule has 0 spiro atoms. The fraction of sp³-hybridized carbons (Fsp3) is 0.250. The molecule has 0 heterocycles. The van der Waals surface area contributed by atoms with E-state index in [0.717, 1.165) is 6.07 Å². The molecule has 1 rings (SSSR count). The Labute approximate surface area is 79.5 Å². The lowest BCUT2D eigenvalue weighted by Crippen LogP contribution is -2.22. The molecule has 1 atom stereocenters. The standard InChI is InChI=1S/C8H9ClF2N2/c9-7-5(10)2-1-4(8(7)11)6(13)3-12/h1-2,6H,3,12-13H2/t6-/m1/s1. The number of hydrogen-bond acceptors (Lipinski definition) is 2. The molecule has 1 aromatic rings. The maximum absolute atomic E-state index is 13.2. The molecular weight excluding hydrogens is 198 g/mol. The van der Waals surface area contributed by atoms with Gasteiger partial charge in [-0.1, -0.05) is 17.7 Å². The number of nitrogens with two attached hydrogens (primary N) is 2. The van der Waals surface area contributed by atoms with Crippen LogP contribution in [0.3, 0.4) is 0 Å². The Kier molecular flexibility index (Phi) is 3.19. The number of halogens is 3. The Bertz CT molecular complexity index is 317. The van der Waals surface area contributed by atoms with Gasteiger partial charge >= 0.3 is 0 Å². The van der Waals surface area contributed by atoms with Crippen molar-refractivity contribution in [2.75, 3.05) is 6.54 Å². The molecule has 1 aromatic carbocycles. The summed E-state index contributed by atoms with van der Waals surface area (Å²) in [5.41, 5.74) is 10.8. The van der Waals surface area contributed by atoms with E-state index in [4.69, 9.17) is 23.1 Å². The highest BCUT2D eigenvalue weighted by molar-refractivity contribution is 6.30. The minimum Gasteiger partial charge on any atom is -0.329 e. The van der Waals surface area contributed by atoms with Gasteiger partial charge in [0.15, 0.2) is 0 Å². The van der Waals surface area contributed by atoms with E-state index in [-0.39, 0.29) is 12.1 Å². The van der Waals surface area contributed by atoms with Gasteiger partial charge < -0.3 is 11.5 Å². The van der Waals surface area contributed by atoms with Crippen LogP contribution in [0.25, 0.3) is 0 Å². The highest BCUT2D eigenvalue weighted by atomic mass is 35.5. The third-order valence-electron chi connectivity index (χ3n) is 1.72. The molecule has 0 bridgehead atoms. The van der Waals surface area contributed by atoms with E-state index in [9.17, 15) is 8.78 Å². The predicted octanol–water partition coefficient (Wildman–Crippen LogP) is 1.58. The van der Waals surface area contributed by atoms with Gasteiger partial charge in [-0.05, 0) is 6.07 Å². The summed E-state index contributed by atoms with van der Waals surface area (Å²) in [5, 5.41) is -0.540. The molecule has 13 heavy (non-hydrogen) atoms. The van der Waals surface area contributed by atoms with Crippen molar-refractivity contribution in [1.29, 1.82) is 0 Å². The molecule has 0 radical (unpaired) electrons. The Balaban J connectivity index is 3.18. The highest BCUT2D eigenvalue weighted by Crippen LogP contribution is 2.24. The molecule has 0 aliphatic rings. The molecular formula is C8H9ClF2N2. The van der Waals surface area contributed by atoms with Crippen molar-refractivity contribution in [2.24, 2.45) is 11.5 Å². The van der Waals surface area contributed by atoms with E-state index in [1.165, 1.54) is 6.07 Å². The summed E-state index contributed by atoms with van der Waals surface area (Å²) in [6.45, 7) is 0.0822. The second kappa shape index (κ2) is 4.00. The quantitative estimate of drug-likeness (QED) is 0.722. The maximum atomic E-state index is 13.2. The fourth-order valence-electron chi connectivity index (χ4n) is 0.954. The van der Waals surface area contributed by atoms with Gasteiger partial charge in [0.25, 0.3) is 0 Å². The first kappa shape index (κ1) is 10.4. The van der Waals surface area contributed by atoms with E-state index in [1.807, 2.05) is 0 Å². The summed E-state index contributed by atoms with van der Waals surface area (Å²) in [7, 11) is 0. The van der Waals surface area contributed by atoms with E-state index in [1.54, 1.807) is 0 Å². The lowest BCUT2D eigenvalue weighted by atomic mass is 10.1. The second-order valence-electron chi connectivity index (χ2n) is 2.61. The van der Waals surface area contributed by atoms with Crippen molar-refractivity contribution in [3.05, 3.63) is 34.4 Å². The summed E-state index contributed by atoms with van der Waals surface area (Å²) < 4.78 is 25.9. The van der Waals surface area contributed by atoms with Gasteiger partial charge in [-0.25, -0.2) is 8.78 Å². The molecule has 0 amide bonds. The normalized spacial score (nSPS) is 13.0. The average molecular weight is 207 g/mol. The lowest BCUT2D eigenvalue weighted by molar-refractivity contribution is 0.557. The van der Waals surface area contributed by atoms with Crippen LogP contribution in [0, 0.1) is 11.6 Å². The van der Waals surface area contributed by atoms with Crippen molar-refractivity contribution in [3.8, 4) is 0 Å². The topological polar surface area (TPSA) is 52.0 Å². The Hall–Kier alpha value is -0.710. The maximum Gasteiger partial charge on any atom is 0.149 e. The summed E-state index contributed by atoms with van der Waals surface area (Å²) in [5.74, 6) is -1.63. The first-order chi connectivity index (χ1) is 6.07. The van der Waals surface area contributed by atoms with Gasteiger partial charge in [-0.2, -0.15) is 0 Å².